The van der Waals surface area contributed by atoms with Crippen LogP contribution in [0.1, 0.15) is 13.3 Å². The van der Waals surface area contributed by atoms with Crippen molar-refractivity contribution in [2.45, 2.75) is 25.4 Å². The number of carbonyl (C=O) groups excluding carboxylic acids is 2. The third kappa shape index (κ3) is 2.77. The molecule has 108 valence electrons. The topological polar surface area (TPSA) is 75.4 Å². The number of nitrogens with zero attached hydrogens (tertiary/aromatic N) is 1. The average molecular weight is 283 g/mol. The molecule has 2 atom stereocenters. The van der Waals surface area contributed by atoms with Crippen molar-refractivity contribution < 1.29 is 18.4 Å². The Bertz CT molecular complexity index is 528. The molecule has 1 heterocycles. The van der Waals surface area contributed by atoms with Crippen molar-refractivity contribution in [3.63, 3.8) is 0 Å². The van der Waals surface area contributed by atoms with Gasteiger partial charge in [-0.05, 0) is 19.1 Å². The molecule has 1 fully saturated rings. The molecule has 20 heavy (non-hydrogen) atoms. The molecule has 1 saturated heterocycles. The van der Waals surface area contributed by atoms with Gasteiger partial charge in [-0.1, -0.05) is 6.07 Å². The maximum absolute atomic E-state index is 13.7. The first-order chi connectivity index (χ1) is 9.40. The highest BCUT2D eigenvalue weighted by atomic mass is 19.1. The number of hydrogen-bond acceptors (Lipinski definition) is 3. The molecule has 0 spiro atoms. The van der Waals surface area contributed by atoms with E-state index in [-0.39, 0.29) is 18.7 Å². The van der Waals surface area contributed by atoms with E-state index in [1.54, 1.807) is 0 Å². The predicted octanol–water partition coefficient (Wildman–Crippen LogP) is 0.533. The predicted molar refractivity (Wildman–Crippen MR) is 68.9 cm³/mol. The van der Waals surface area contributed by atoms with Crippen LogP contribution in [-0.2, 0) is 9.59 Å². The molecule has 5 nitrogen and oxygen atoms in total. The number of para-hydroxylation sites is 1. The fraction of sp³-hybridized carbons (Fsp3) is 0.385. The Kier molecular flexibility index (Phi) is 3.99. The number of nitrogens with two attached hydrogens (primary N) is 1. The monoisotopic (exact) mass is 283 g/mol. The first-order valence-electron chi connectivity index (χ1n) is 6.20. The first-order valence-corrected chi connectivity index (χ1v) is 6.20. The van der Waals surface area contributed by atoms with Crippen LogP contribution in [0, 0.1) is 11.6 Å². The van der Waals surface area contributed by atoms with Gasteiger partial charge < -0.3 is 16.0 Å². The van der Waals surface area contributed by atoms with E-state index in [0.717, 1.165) is 17.0 Å². The van der Waals surface area contributed by atoms with Gasteiger partial charge in [0.25, 0.3) is 0 Å². The van der Waals surface area contributed by atoms with Crippen molar-refractivity contribution in [2.24, 2.45) is 5.73 Å². The summed E-state index contributed by atoms with van der Waals surface area (Å²) >= 11 is 0. The number of rotatable bonds is 3. The van der Waals surface area contributed by atoms with Crippen LogP contribution in [0.3, 0.4) is 0 Å². The van der Waals surface area contributed by atoms with Gasteiger partial charge in [-0.2, -0.15) is 0 Å². The number of anilines is 1. The maximum atomic E-state index is 13.7. The number of hydrogen-bond donors (Lipinski definition) is 2. The van der Waals surface area contributed by atoms with Crippen molar-refractivity contribution in [1.29, 1.82) is 0 Å². The zero-order chi connectivity index (χ0) is 14.9. The zero-order valence-electron chi connectivity index (χ0n) is 10.9. The number of nitrogens with one attached hydrogen (secondary N) is 1. The lowest BCUT2D eigenvalue weighted by atomic mass is 10.2. The lowest BCUT2D eigenvalue weighted by Crippen LogP contribution is -2.45. The lowest BCUT2D eigenvalue weighted by molar-refractivity contribution is -0.122. The van der Waals surface area contributed by atoms with Crippen molar-refractivity contribution >= 4 is 17.5 Å². The molecule has 7 heteroatoms. The van der Waals surface area contributed by atoms with Crippen LogP contribution in [0.5, 0.6) is 0 Å². The fourth-order valence-electron chi connectivity index (χ4n) is 2.10. The van der Waals surface area contributed by atoms with E-state index in [1.165, 1.54) is 13.0 Å². The highest BCUT2D eigenvalue weighted by Crippen LogP contribution is 2.27. The highest BCUT2D eigenvalue weighted by molar-refractivity contribution is 5.97. The van der Waals surface area contributed by atoms with Gasteiger partial charge in [0.15, 0.2) is 0 Å². The zero-order valence-corrected chi connectivity index (χ0v) is 10.9. The number of amides is 2. The Balaban J connectivity index is 2.16. The second-order valence-corrected chi connectivity index (χ2v) is 4.77. The molecule has 0 aliphatic carbocycles. The molecule has 3 N–H and O–H groups in total. The van der Waals surface area contributed by atoms with Crippen LogP contribution < -0.4 is 16.0 Å². The number of benzene rings is 1. The van der Waals surface area contributed by atoms with Crippen LogP contribution in [0.4, 0.5) is 14.5 Å². The minimum absolute atomic E-state index is 0.00770. The van der Waals surface area contributed by atoms with E-state index in [9.17, 15) is 18.4 Å². The normalized spacial score (nSPS) is 20.1. The summed E-state index contributed by atoms with van der Waals surface area (Å²) in [4.78, 5) is 24.3. The summed E-state index contributed by atoms with van der Waals surface area (Å²) in [5, 5.41) is 2.58. The summed E-state index contributed by atoms with van der Waals surface area (Å²) < 4.78 is 27.3. The van der Waals surface area contributed by atoms with Crippen LogP contribution >= 0.6 is 0 Å². The fourth-order valence-corrected chi connectivity index (χ4v) is 2.10. The Morgan fingerprint density at radius 2 is 2.05 bits per heavy atom. The molecule has 2 rings (SSSR count). The molecule has 2 unspecified atom stereocenters. The van der Waals surface area contributed by atoms with Gasteiger partial charge in [0, 0.05) is 13.0 Å². The Hall–Kier alpha value is -2.02. The molecular weight excluding hydrogens is 268 g/mol. The average Bonchev–Trinajstić information content (AvgIpc) is 2.70. The van der Waals surface area contributed by atoms with Gasteiger partial charge in [0.2, 0.25) is 11.8 Å². The van der Waals surface area contributed by atoms with Crippen LogP contribution in [0.15, 0.2) is 18.2 Å². The van der Waals surface area contributed by atoms with Crippen LogP contribution in [-0.4, -0.2) is 30.4 Å². The summed E-state index contributed by atoms with van der Waals surface area (Å²) in [5.41, 5.74) is 5.03. The SMILES string of the molecule is CC(N)C(=O)NC1CC(=O)N(c2c(F)cccc2F)C1. The molecule has 1 aliphatic heterocycles. The van der Waals surface area contributed by atoms with Crippen molar-refractivity contribution in [3.8, 4) is 0 Å². The van der Waals surface area contributed by atoms with Gasteiger partial charge in [-0.3, -0.25) is 9.59 Å². The molecule has 0 bridgehead atoms. The van der Waals surface area contributed by atoms with Gasteiger partial charge in [0.05, 0.1) is 12.1 Å². The first kappa shape index (κ1) is 14.4. The maximum Gasteiger partial charge on any atom is 0.236 e. The summed E-state index contributed by atoms with van der Waals surface area (Å²) in [7, 11) is 0. The molecule has 0 radical (unpaired) electrons. The molecule has 1 aromatic carbocycles. The summed E-state index contributed by atoms with van der Waals surface area (Å²) in [5.74, 6) is -2.46. The minimum atomic E-state index is -0.808. The quantitative estimate of drug-likeness (QED) is 0.850. The van der Waals surface area contributed by atoms with Gasteiger partial charge >= 0.3 is 0 Å². The second-order valence-electron chi connectivity index (χ2n) is 4.77. The Morgan fingerprint density at radius 1 is 1.45 bits per heavy atom. The third-order valence-corrected chi connectivity index (χ3v) is 3.09. The highest BCUT2D eigenvalue weighted by Gasteiger charge is 2.34. The minimum Gasteiger partial charge on any atom is -0.350 e. The smallest absolute Gasteiger partial charge is 0.236 e. The standard InChI is InChI=1S/C13H15F2N3O2/c1-7(16)13(20)17-8-5-11(19)18(6-8)12-9(14)3-2-4-10(12)15/h2-4,7-8H,5-6,16H2,1H3,(H,17,20). The van der Waals surface area contributed by atoms with E-state index in [4.69, 9.17) is 5.73 Å². The largest absolute Gasteiger partial charge is 0.350 e. The molecular formula is C13H15F2N3O2. The van der Waals surface area contributed by atoms with Crippen molar-refractivity contribution in [1.82, 2.24) is 5.32 Å². The summed E-state index contributed by atoms with van der Waals surface area (Å²) in [6.45, 7) is 1.54. The molecule has 2 amide bonds. The van der Waals surface area contributed by atoms with Gasteiger partial charge in [0.1, 0.15) is 17.3 Å². The van der Waals surface area contributed by atoms with E-state index in [2.05, 4.69) is 5.32 Å². The van der Waals surface area contributed by atoms with Crippen molar-refractivity contribution in [2.75, 3.05) is 11.4 Å². The lowest BCUT2D eigenvalue weighted by Gasteiger charge is -2.19. The molecule has 1 aromatic rings. The third-order valence-electron chi connectivity index (χ3n) is 3.09. The Morgan fingerprint density at radius 3 is 2.60 bits per heavy atom. The van der Waals surface area contributed by atoms with E-state index >= 15 is 0 Å². The second kappa shape index (κ2) is 5.54. The molecule has 0 aromatic heterocycles. The van der Waals surface area contributed by atoms with Crippen LogP contribution in [0.25, 0.3) is 0 Å². The molecule has 0 saturated carbocycles. The van der Waals surface area contributed by atoms with Crippen LogP contribution in [0.2, 0.25) is 0 Å². The summed E-state index contributed by atoms with van der Waals surface area (Å²) in [6, 6.07) is 2.19. The van der Waals surface area contributed by atoms with E-state index < -0.39 is 35.5 Å². The number of halogens is 2. The van der Waals surface area contributed by atoms with Gasteiger partial charge in [-0.25, -0.2) is 8.78 Å². The van der Waals surface area contributed by atoms with E-state index in [1.807, 2.05) is 0 Å². The van der Waals surface area contributed by atoms with Gasteiger partial charge in [-0.15, -0.1) is 0 Å². The summed E-state index contributed by atoms with van der Waals surface area (Å²) in [6.07, 6.45) is -0.00770. The molecule has 1 aliphatic rings. The van der Waals surface area contributed by atoms with Crippen molar-refractivity contribution in [3.05, 3.63) is 29.8 Å². The Labute approximate surface area is 114 Å². The number of carbonyl (C=O) groups is 2. The van der Waals surface area contributed by atoms with E-state index in [0.29, 0.717) is 0 Å².